The lowest BCUT2D eigenvalue weighted by atomic mass is 9.97. The first-order valence-electron chi connectivity index (χ1n) is 4.86. The minimum atomic E-state index is 0.134. The standard InChI is InChI=1S/C13H16O/c1-5-11-8-12(9(2)3)6-7-13(11)10(4)14/h6-8H,2,5H2,1,3-4H3. The van der Waals surface area contributed by atoms with Crippen LogP contribution in [0.25, 0.3) is 5.57 Å². The summed E-state index contributed by atoms with van der Waals surface area (Å²) in [5.41, 5.74) is 4.09. The average molecular weight is 188 g/mol. The van der Waals surface area contributed by atoms with Crippen molar-refractivity contribution in [1.82, 2.24) is 0 Å². The highest BCUT2D eigenvalue weighted by Crippen LogP contribution is 2.18. The Hall–Kier alpha value is -1.37. The number of Topliss-reactive ketones (excluding diaryl/α,β-unsaturated/α-hetero) is 1. The van der Waals surface area contributed by atoms with Crippen LogP contribution < -0.4 is 0 Å². The SMILES string of the molecule is C=C(C)c1ccc(C(C)=O)c(CC)c1. The number of hydrogen-bond donors (Lipinski definition) is 0. The molecule has 0 amide bonds. The molecule has 0 fully saturated rings. The first kappa shape index (κ1) is 10.7. The van der Waals surface area contributed by atoms with E-state index in [4.69, 9.17) is 0 Å². The van der Waals surface area contributed by atoms with Crippen molar-refractivity contribution in [3.05, 3.63) is 41.5 Å². The zero-order valence-corrected chi connectivity index (χ0v) is 9.05. The van der Waals surface area contributed by atoms with E-state index in [0.717, 1.165) is 28.7 Å². The van der Waals surface area contributed by atoms with Crippen LogP contribution in [0.2, 0.25) is 0 Å². The van der Waals surface area contributed by atoms with Crippen LogP contribution in [0.5, 0.6) is 0 Å². The van der Waals surface area contributed by atoms with Gasteiger partial charge in [-0.3, -0.25) is 4.79 Å². The summed E-state index contributed by atoms with van der Waals surface area (Å²) in [6.07, 6.45) is 0.885. The highest BCUT2D eigenvalue weighted by Gasteiger charge is 2.06. The molecule has 0 aliphatic rings. The number of hydrogen-bond acceptors (Lipinski definition) is 1. The molecule has 0 radical (unpaired) electrons. The highest BCUT2D eigenvalue weighted by atomic mass is 16.1. The van der Waals surface area contributed by atoms with Crippen LogP contribution in [-0.2, 0) is 6.42 Å². The van der Waals surface area contributed by atoms with Crippen molar-refractivity contribution < 1.29 is 4.79 Å². The fraction of sp³-hybridized carbons (Fsp3) is 0.308. The summed E-state index contributed by atoms with van der Waals surface area (Å²) in [5.74, 6) is 0.134. The van der Waals surface area contributed by atoms with Gasteiger partial charge in [-0.15, -0.1) is 0 Å². The van der Waals surface area contributed by atoms with E-state index in [9.17, 15) is 4.79 Å². The summed E-state index contributed by atoms with van der Waals surface area (Å²) in [6.45, 7) is 9.53. The Balaban J connectivity index is 3.25. The van der Waals surface area contributed by atoms with Gasteiger partial charge in [0.05, 0.1) is 0 Å². The van der Waals surface area contributed by atoms with E-state index in [0.29, 0.717) is 0 Å². The maximum Gasteiger partial charge on any atom is 0.160 e. The zero-order chi connectivity index (χ0) is 10.7. The lowest BCUT2D eigenvalue weighted by Crippen LogP contribution is -1.99. The number of benzene rings is 1. The summed E-state index contributed by atoms with van der Waals surface area (Å²) in [5, 5.41) is 0. The molecule has 0 saturated carbocycles. The minimum absolute atomic E-state index is 0.134. The van der Waals surface area contributed by atoms with Crippen molar-refractivity contribution in [2.45, 2.75) is 27.2 Å². The Kier molecular flexibility index (Phi) is 3.23. The van der Waals surface area contributed by atoms with Crippen molar-refractivity contribution in [3.63, 3.8) is 0 Å². The van der Waals surface area contributed by atoms with Crippen LogP contribution in [0.3, 0.4) is 0 Å². The van der Waals surface area contributed by atoms with Gasteiger partial charge in [-0.2, -0.15) is 0 Å². The molecule has 0 saturated heterocycles. The Labute approximate surface area is 85.5 Å². The molecule has 0 bridgehead atoms. The fourth-order valence-electron chi connectivity index (χ4n) is 1.50. The number of aryl methyl sites for hydroxylation is 1. The number of ketones is 1. The smallest absolute Gasteiger partial charge is 0.160 e. The van der Waals surface area contributed by atoms with Gasteiger partial charge in [0.15, 0.2) is 5.78 Å². The van der Waals surface area contributed by atoms with Crippen LogP contribution in [-0.4, -0.2) is 5.78 Å². The molecule has 0 aromatic heterocycles. The van der Waals surface area contributed by atoms with Gasteiger partial charge in [-0.05, 0) is 31.4 Å². The summed E-state index contributed by atoms with van der Waals surface area (Å²) < 4.78 is 0. The van der Waals surface area contributed by atoms with E-state index in [1.807, 2.05) is 19.1 Å². The van der Waals surface area contributed by atoms with E-state index in [-0.39, 0.29) is 5.78 Å². The molecule has 0 aliphatic heterocycles. The molecule has 1 heteroatoms. The van der Waals surface area contributed by atoms with Crippen LogP contribution in [0.15, 0.2) is 24.8 Å². The molecule has 14 heavy (non-hydrogen) atoms. The van der Waals surface area contributed by atoms with Crippen LogP contribution in [0, 0.1) is 0 Å². The molecule has 0 aliphatic carbocycles. The Morgan fingerprint density at radius 1 is 1.36 bits per heavy atom. The van der Waals surface area contributed by atoms with E-state index in [2.05, 4.69) is 19.6 Å². The second kappa shape index (κ2) is 4.23. The highest BCUT2D eigenvalue weighted by molar-refractivity contribution is 5.95. The van der Waals surface area contributed by atoms with Gasteiger partial charge in [0.1, 0.15) is 0 Å². The van der Waals surface area contributed by atoms with Crippen LogP contribution in [0.1, 0.15) is 42.3 Å². The van der Waals surface area contributed by atoms with Gasteiger partial charge < -0.3 is 0 Å². The molecule has 1 rings (SSSR count). The third-order valence-corrected chi connectivity index (χ3v) is 2.36. The quantitative estimate of drug-likeness (QED) is 0.664. The lowest BCUT2D eigenvalue weighted by molar-refractivity contribution is 0.101. The Morgan fingerprint density at radius 3 is 2.43 bits per heavy atom. The molecule has 0 heterocycles. The predicted octanol–water partition coefficient (Wildman–Crippen LogP) is 3.48. The summed E-state index contributed by atoms with van der Waals surface area (Å²) >= 11 is 0. The predicted molar refractivity (Wildman–Crippen MR) is 60.5 cm³/mol. The third-order valence-electron chi connectivity index (χ3n) is 2.36. The molecule has 0 spiro atoms. The minimum Gasteiger partial charge on any atom is -0.295 e. The number of carbonyl (C=O) groups is 1. The Bertz CT molecular complexity index is 375. The topological polar surface area (TPSA) is 17.1 Å². The van der Waals surface area contributed by atoms with E-state index < -0.39 is 0 Å². The van der Waals surface area contributed by atoms with Crippen LogP contribution >= 0.6 is 0 Å². The largest absolute Gasteiger partial charge is 0.295 e. The fourth-order valence-corrected chi connectivity index (χ4v) is 1.50. The maximum absolute atomic E-state index is 11.3. The summed E-state index contributed by atoms with van der Waals surface area (Å²) in [7, 11) is 0. The molecule has 1 aromatic carbocycles. The zero-order valence-electron chi connectivity index (χ0n) is 9.05. The molecule has 0 unspecified atom stereocenters. The average Bonchev–Trinajstić information content (AvgIpc) is 2.16. The second-order valence-electron chi connectivity index (χ2n) is 3.56. The molecule has 1 aromatic rings. The summed E-state index contributed by atoms with van der Waals surface area (Å²) in [4.78, 5) is 11.3. The molecule has 0 N–H and O–H groups in total. The van der Waals surface area contributed by atoms with Crippen molar-refractivity contribution in [1.29, 1.82) is 0 Å². The van der Waals surface area contributed by atoms with Gasteiger partial charge in [-0.1, -0.05) is 37.3 Å². The lowest BCUT2D eigenvalue weighted by Gasteiger charge is -2.07. The summed E-state index contributed by atoms with van der Waals surface area (Å²) in [6, 6.07) is 5.91. The normalized spacial score (nSPS) is 9.93. The Morgan fingerprint density at radius 2 is 2.00 bits per heavy atom. The van der Waals surface area contributed by atoms with Crippen molar-refractivity contribution in [2.75, 3.05) is 0 Å². The monoisotopic (exact) mass is 188 g/mol. The van der Waals surface area contributed by atoms with Gasteiger partial charge in [0.2, 0.25) is 0 Å². The second-order valence-corrected chi connectivity index (χ2v) is 3.56. The van der Waals surface area contributed by atoms with Crippen molar-refractivity contribution >= 4 is 11.4 Å². The van der Waals surface area contributed by atoms with E-state index >= 15 is 0 Å². The van der Waals surface area contributed by atoms with Crippen molar-refractivity contribution in [2.24, 2.45) is 0 Å². The first-order chi connectivity index (χ1) is 6.56. The van der Waals surface area contributed by atoms with Crippen molar-refractivity contribution in [3.8, 4) is 0 Å². The van der Waals surface area contributed by atoms with Crippen LogP contribution in [0.4, 0.5) is 0 Å². The molecular formula is C13H16O. The molecule has 1 nitrogen and oxygen atoms in total. The van der Waals surface area contributed by atoms with Gasteiger partial charge in [0, 0.05) is 5.56 Å². The van der Waals surface area contributed by atoms with Gasteiger partial charge >= 0.3 is 0 Å². The van der Waals surface area contributed by atoms with E-state index in [1.54, 1.807) is 6.92 Å². The first-order valence-corrected chi connectivity index (χ1v) is 4.86. The van der Waals surface area contributed by atoms with E-state index in [1.165, 1.54) is 0 Å². The molecular weight excluding hydrogens is 172 g/mol. The molecule has 74 valence electrons. The maximum atomic E-state index is 11.3. The molecule has 0 atom stereocenters. The number of rotatable bonds is 3. The number of carbonyl (C=O) groups excluding carboxylic acids is 1. The number of allylic oxidation sites excluding steroid dienone is 1. The third kappa shape index (κ3) is 2.11. The van der Waals surface area contributed by atoms with Gasteiger partial charge in [0.25, 0.3) is 0 Å². The van der Waals surface area contributed by atoms with Gasteiger partial charge in [-0.25, -0.2) is 0 Å².